The van der Waals surface area contributed by atoms with Crippen molar-refractivity contribution in [2.45, 2.75) is 13.8 Å². The molecule has 0 saturated carbocycles. The minimum absolute atomic E-state index is 0.113. The number of hydrogen-bond donors (Lipinski definition) is 3. The normalized spacial score (nSPS) is 10.3. The number of nitrogens with one attached hydrogen (secondary N) is 1. The molecule has 20 heavy (non-hydrogen) atoms. The average Bonchev–Trinajstić information content (AvgIpc) is 2.36. The smallest absolute Gasteiger partial charge is 0.337 e. The molecule has 4 N–H and O–H groups in total. The lowest BCUT2D eigenvalue weighted by Gasteiger charge is -2.13. The number of aromatic carboxylic acids is 1. The van der Waals surface area contributed by atoms with Gasteiger partial charge in [0, 0.05) is 21.5 Å². The third-order valence-electron chi connectivity index (χ3n) is 3.08. The Morgan fingerprint density at radius 1 is 1.20 bits per heavy atom. The first-order valence-electron chi connectivity index (χ1n) is 6.05. The SMILES string of the molecule is Cc1cc(Br)ccc1Nc1cc(C)c(N)c(C(=O)O)c1. The van der Waals surface area contributed by atoms with E-state index in [0.29, 0.717) is 11.4 Å². The highest BCUT2D eigenvalue weighted by Gasteiger charge is 2.12. The minimum Gasteiger partial charge on any atom is -0.478 e. The van der Waals surface area contributed by atoms with Crippen LogP contribution < -0.4 is 11.1 Å². The Morgan fingerprint density at radius 2 is 1.90 bits per heavy atom. The molecule has 0 aliphatic rings. The van der Waals surface area contributed by atoms with Crippen molar-refractivity contribution in [2.75, 3.05) is 11.1 Å². The van der Waals surface area contributed by atoms with Crippen molar-refractivity contribution in [3.8, 4) is 0 Å². The second kappa shape index (κ2) is 5.54. The fourth-order valence-electron chi connectivity index (χ4n) is 1.97. The monoisotopic (exact) mass is 334 g/mol. The molecule has 104 valence electrons. The largest absolute Gasteiger partial charge is 0.478 e. The summed E-state index contributed by atoms with van der Waals surface area (Å²) in [6.45, 7) is 3.77. The van der Waals surface area contributed by atoms with Gasteiger partial charge >= 0.3 is 5.97 Å². The number of carboxylic acid groups (broad SMARTS) is 1. The summed E-state index contributed by atoms with van der Waals surface area (Å²) in [7, 11) is 0. The maximum atomic E-state index is 11.2. The van der Waals surface area contributed by atoms with Gasteiger partial charge in [0.05, 0.1) is 5.56 Å². The van der Waals surface area contributed by atoms with Gasteiger partial charge in [-0.3, -0.25) is 0 Å². The molecular weight excluding hydrogens is 320 g/mol. The van der Waals surface area contributed by atoms with Crippen LogP contribution in [-0.4, -0.2) is 11.1 Å². The fourth-order valence-corrected chi connectivity index (χ4v) is 2.45. The Bertz CT molecular complexity index is 684. The number of carbonyl (C=O) groups is 1. The standard InChI is InChI=1S/C15H15BrN2O2/c1-8-5-10(16)3-4-13(8)18-11-6-9(2)14(17)12(7-11)15(19)20/h3-7,18H,17H2,1-2H3,(H,19,20). The van der Waals surface area contributed by atoms with Crippen molar-refractivity contribution >= 4 is 39.0 Å². The molecule has 0 unspecified atom stereocenters. The highest BCUT2D eigenvalue weighted by molar-refractivity contribution is 9.10. The number of hydrogen-bond acceptors (Lipinski definition) is 3. The number of nitrogen functional groups attached to an aromatic ring is 1. The zero-order valence-corrected chi connectivity index (χ0v) is 12.8. The van der Waals surface area contributed by atoms with E-state index in [9.17, 15) is 4.79 Å². The number of halogens is 1. The van der Waals surface area contributed by atoms with Gasteiger partial charge in [-0.2, -0.15) is 0 Å². The lowest BCUT2D eigenvalue weighted by Crippen LogP contribution is -2.05. The third kappa shape index (κ3) is 2.93. The van der Waals surface area contributed by atoms with Crippen LogP contribution in [0.2, 0.25) is 0 Å². The first-order chi connectivity index (χ1) is 9.38. The first kappa shape index (κ1) is 14.4. The molecule has 0 radical (unpaired) electrons. The number of benzene rings is 2. The Hall–Kier alpha value is -2.01. The van der Waals surface area contributed by atoms with Crippen molar-refractivity contribution in [2.24, 2.45) is 0 Å². The highest BCUT2D eigenvalue weighted by Crippen LogP contribution is 2.28. The molecular formula is C15H15BrN2O2. The van der Waals surface area contributed by atoms with E-state index in [1.165, 1.54) is 0 Å². The molecule has 5 heteroatoms. The van der Waals surface area contributed by atoms with E-state index in [4.69, 9.17) is 10.8 Å². The van der Waals surface area contributed by atoms with Crippen molar-refractivity contribution < 1.29 is 9.90 Å². The van der Waals surface area contributed by atoms with E-state index in [1.807, 2.05) is 31.2 Å². The summed E-state index contributed by atoms with van der Waals surface area (Å²) in [5.41, 5.74) is 9.63. The lowest BCUT2D eigenvalue weighted by atomic mass is 10.1. The predicted octanol–water partition coefficient (Wildman–Crippen LogP) is 4.09. The number of rotatable bonds is 3. The van der Waals surface area contributed by atoms with Gasteiger partial charge in [-0.25, -0.2) is 4.79 Å². The Morgan fingerprint density at radius 3 is 2.50 bits per heavy atom. The van der Waals surface area contributed by atoms with Crippen LogP contribution >= 0.6 is 15.9 Å². The average molecular weight is 335 g/mol. The molecule has 0 bridgehead atoms. The second-order valence-electron chi connectivity index (χ2n) is 4.64. The van der Waals surface area contributed by atoms with E-state index in [-0.39, 0.29) is 5.56 Å². The Labute approximate surface area is 125 Å². The molecule has 0 atom stereocenters. The van der Waals surface area contributed by atoms with Crippen LogP contribution in [0, 0.1) is 13.8 Å². The van der Waals surface area contributed by atoms with Crippen molar-refractivity contribution in [1.29, 1.82) is 0 Å². The van der Waals surface area contributed by atoms with E-state index in [1.54, 1.807) is 13.0 Å². The minimum atomic E-state index is -1.03. The van der Waals surface area contributed by atoms with Gasteiger partial charge in [-0.1, -0.05) is 15.9 Å². The zero-order chi connectivity index (χ0) is 14.9. The van der Waals surface area contributed by atoms with Gasteiger partial charge in [0.15, 0.2) is 0 Å². The maximum absolute atomic E-state index is 11.2. The summed E-state index contributed by atoms with van der Waals surface area (Å²) >= 11 is 3.41. The molecule has 0 aliphatic heterocycles. The van der Waals surface area contributed by atoms with Gasteiger partial charge in [-0.15, -0.1) is 0 Å². The lowest BCUT2D eigenvalue weighted by molar-refractivity contribution is 0.0698. The van der Waals surface area contributed by atoms with Crippen LogP contribution in [0.4, 0.5) is 17.1 Å². The predicted molar refractivity (Wildman–Crippen MR) is 84.7 cm³/mol. The van der Waals surface area contributed by atoms with Crippen molar-refractivity contribution in [3.05, 3.63) is 51.5 Å². The molecule has 0 saturated heterocycles. The van der Waals surface area contributed by atoms with E-state index < -0.39 is 5.97 Å². The van der Waals surface area contributed by atoms with Crippen LogP contribution in [0.3, 0.4) is 0 Å². The summed E-state index contributed by atoms with van der Waals surface area (Å²) in [4.78, 5) is 11.2. The molecule has 0 fully saturated rings. The summed E-state index contributed by atoms with van der Waals surface area (Å²) in [5, 5.41) is 12.4. The van der Waals surface area contributed by atoms with Crippen molar-refractivity contribution in [3.63, 3.8) is 0 Å². The molecule has 0 heterocycles. The van der Waals surface area contributed by atoms with Gasteiger partial charge in [-0.05, 0) is 55.3 Å². The Kier molecular flexibility index (Phi) is 3.99. The quantitative estimate of drug-likeness (QED) is 0.739. The number of aryl methyl sites for hydroxylation is 2. The number of nitrogens with two attached hydrogens (primary N) is 1. The van der Waals surface area contributed by atoms with Gasteiger partial charge in [0.2, 0.25) is 0 Å². The van der Waals surface area contributed by atoms with E-state index >= 15 is 0 Å². The Balaban J connectivity index is 2.41. The van der Waals surface area contributed by atoms with Crippen molar-refractivity contribution in [1.82, 2.24) is 0 Å². The molecule has 2 aromatic carbocycles. The summed E-state index contributed by atoms with van der Waals surface area (Å²) < 4.78 is 1.00. The summed E-state index contributed by atoms with van der Waals surface area (Å²) in [6, 6.07) is 9.24. The van der Waals surface area contributed by atoms with E-state index in [0.717, 1.165) is 21.3 Å². The molecule has 2 aromatic rings. The van der Waals surface area contributed by atoms with Crippen LogP contribution in [0.1, 0.15) is 21.5 Å². The van der Waals surface area contributed by atoms with Gasteiger partial charge in [0.25, 0.3) is 0 Å². The molecule has 4 nitrogen and oxygen atoms in total. The topological polar surface area (TPSA) is 75.3 Å². The molecule has 0 aliphatic carbocycles. The van der Waals surface area contributed by atoms with E-state index in [2.05, 4.69) is 21.2 Å². The zero-order valence-electron chi connectivity index (χ0n) is 11.2. The first-order valence-corrected chi connectivity index (χ1v) is 6.84. The van der Waals surface area contributed by atoms with Crippen LogP contribution in [-0.2, 0) is 0 Å². The fraction of sp³-hybridized carbons (Fsp3) is 0.133. The number of anilines is 3. The molecule has 0 amide bonds. The van der Waals surface area contributed by atoms with Gasteiger partial charge < -0.3 is 16.2 Å². The molecule has 0 aromatic heterocycles. The molecule has 2 rings (SSSR count). The second-order valence-corrected chi connectivity index (χ2v) is 5.56. The van der Waals surface area contributed by atoms with Gasteiger partial charge in [0.1, 0.15) is 0 Å². The maximum Gasteiger partial charge on any atom is 0.337 e. The van der Waals surface area contributed by atoms with Crippen LogP contribution in [0.15, 0.2) is 34.8 Å². The highest BCUT2D eigenvalue weighted by atomic mass is 79.9. The van der Waals surface area contributed by atoms with Crippen LogP contribution in [0.25, 0.3) is 0 Å². The third-order valence-corrected chi connectivity index (χ3v) is 3.58. The summed E-state index contributed by atoms with van der Waals surface area (Å²) in [6.07, 6.45) is 0. The van der Waals surface area contributed by atoms with Crippen LogP contribution in [0.5, 0.6) is 0 Å². The summed E-state index contributed by atoms with van der Waals surface area (Å²) in [5.74, 6) is -1.03. The number of carboxylic acids is 1. The molecule has 0 spiro atoms.